The molecule has 0 spiro atoms. The SMILES string of the molecule is CCC(CSC)N(C)CC(C)CS. The molecule has 0 rings (SSSR count). The van der Waals surface area contributed by atoms with Crippen molar-refractivity contribution in [3.63, 3.8) is 0 Å². The van der Waals surface area contributed by atoms with Crippen LogP contribution in [0.1, 0.15) is 20.3 Å². The highest BCUT2D eigenvalue weighted by Crippen LogP contribution is 2.10. The van der Waals surface area contributed by atoms with Crippen LogP contribution in [0.25, 0.3) is 0 Å². The average molecular weight is 221 g/mol. The Bertz CT molecular complexity index is 119. The summed E-state index contributed by atoms with van der Waals surface area (Å²) in [5.74, 6) is 2.93. The van der Waals surface area contributed by atoms with Gasteiger partial charge in [0.25, 0.3) is 0 Å². The van der Waals surface area contributed by atoms with E-state index in [1.54, 1.807) is 0 Å². The van der Waals surface area contributed by atoms with Crippen LogP contribution < -0.4 is 0 Å². The van der Waals surface area contributed by atoms with Crippen LogP contribution in [-0.2, 0) is 0 Å². The summed E-state index contributed by atoms with van der Waals surface area (Å²) < 4.78 is 0. The number of hydrogen-bond donors (Lipinski definition) is 1. The van der Waals surface area contributed by atoms with Crippen molar-refractivity contribution in [3.05, 3.63) is 0 Å². The van der Waals surface area contributed by atoms with Crippen molar-refractivity contribution in [1.82, 2.24) is 4.90 Å². The van der Waals surface area contributed by atoms with Crippen LogP contribution >= 0.6 is 24.4 Å². The molecule has 0 aliphatic carbocycles. The van der Waals surface area contributed by atoms with Crippen LogP contribution in [0.5, 0.6) is 0 Å². The highest BCUT2D eigenvalue weighted by Gasteiger charge is 2.13. The van der Waals surface area contributed by atoms with Crippen molar-refractivity contribution in [2.45, 2.75) is 26.3 Å². The molecule has 0 bridgehead atoms. The Hall–Kier alpha value is 0.660. The van der Waals surface area contributed by atoms with Gasteiger partial charge in [-0.15, -0.1) is 0 Å². The minimum Gasteiger partial charge on any atom is -0.302 e. The summed E-state index contributed by atoms with van der Waals surface area (Å²) >= 11 is 6.24. The van der Waals surface area contributed by atoms with E-state index in [0.717, 1.165) is 11.8 Å². The first kappa shape index (κ1) is 13.7. The largest absolute Gasteiger partial charge is 0.302 e. The number of thioether (sulfide) groups is 1. The van der Waals surface area contributed by atoms with Crippen LogP contribution in [0.15, 0.2) is 0 Å². The van der Waals surface area contributed by atoms with Crippen molar-refractivity contribution in [2.75, 3.05) is 31.4 Å². The zero-order chi connectivity index (χ0) is 10.3. The van der Waals surface area contributed by atoms with E-state index in [9.17, 15) is 0 Å². The summed E-state index contributed by atoms with van der Waals surface area (Å²) in [7, 11) is 2.23. The highest BCUT2D eigenvalue weighted by atomic mass is 32.2. The second kappa shape index (κ2) is 8.01. The molecule has 0 aromatic heterocycles. The van der Waals surface area contributed by atoms with Crippen molar-refractivity contribution in [3.8, 4) is 0 Å². The van der Waals surface area contributed by atoms with E-state index in [0.29, 0.717) is 5.92 Å². The van der Waals surface area contributed by atoms with Crippen LogP contribution in [0.4, 0.5) is 0 Å². The first-order valence-corrected chi connectivity index (χ1v) is 6.98. The van der Waals surface area contributed by atoms with Gasteiger partial charge in [0.1, 0.15) is 0 Å². The maximum atomic E-state index is 4.31. The first-order chi connectivity index (χ1) is 6.15. The lowest BCUT2D eigenvalue weighted by Gasteiger charge is -2.28. The molecule has 3 heteroatoms. The molecule has 0 saturated carbocycles. The Balaban J connectivity index is 3.82. The van der Waals surface area contributed by atoms with Gasteiger partial charge in [-0.1, -0.05) is 13.8 Å². The molecule has 1 nitrogen and oxygen atoms in total. The fourth-order valence-corrected chi connectivity index (χ4v) is 2.44. The summed E-state index contributed by atoms with van der Waals surface area (Å²) in [5, 5.41) is 0. The second-order valence-electron chi connectivity index (χ2n) is 3.74. The molecule has 13 heavy (non-hydrogen) atoms. The minimum absolute atomic E-state index is 0.698. The van der Waals surface area contributed by atoms with Gasteiger partial charge < -0.3 is 4.90 Å². The lowest BCUT2D eigenvalue weighted by Crippen LogP contribution is -2.36. The molecule has 0 heterocycles. The minimum atomic E-state index is 0.698. The van der Waals surface area contributed by atoms with E-state index in [4.69, 9.17) is 0 Å². The summed E-state index contributed by atoms with van der Waals surface area (Å²) in [6.45, 7) is 5.70. The molecule has 0 amide bonds. The van der Waals surface area contributed by atoms with Gasteiger partial charge in [0.15, 0.2) is 0 Å². The third-order valence-corrected chi connectivity index (χ3v) is 3.71. The topological polar surface area (TPSA) is 3.24 Å². The van der Waals surface area contributed by atoms with E-state index in [1.807, 2.05) is 11.8 Å². The number of thiol groups is 1. The van der Waals surface area contributed by atoms with Gasteiger partial charge in [0, 0.05) is 18.3 Å². The highest BCUT2D eigenvalue weighted by molar-refractivity contribution is 7.98. The predicted molar refractivity (Wildman–Crippen MR) is 68.1 cm³/mol. The van der Waals surface area contributed by atoms with Gasteiger partial charge in [0.2, 0.25) is 0 Å². The standard InChI is InChI=1S/C10H23NS2/c1-5-10(8-13-4)11(3)6-9(2)7-12/h9-10,12H,5-8H2,1-4H3. The predicted octanol–water partition coefficient (Wildman–Crippen LogP) is 2.63. The monoisotopic (exact) mass is 221 g/mol. The van der Waals surface area contributed by atoms with Gasteiger partial charge in [-0.05, 0) is 31.4 Å². The lowest BCUT2D eigenvalue weighted by molar-refractivity contribution is 0.231. The van der Waals surface area contributed by atoms with Crippen LogP contribution in [0, 0.1) is 5.92 Å². The Labute approximate surface area is 93.1 Å². The van der Waals surface area contributed by atoms with Crippen LogP contribution in [0.2, 0.25) is 0 Å². The first-order valence-electron chi connectivity index (χ1n) is 4.95. The molecule has 0 radical (unpaired) electrons. The summed E-state index contributed by atoms with van der Waals surface area (Å²) in [6, 6.07) is 0.734. The maximum Gasteiger partial charge on any atom is 0.0180 e. The fourth-order valence-electron chi connectivity index (χ4n) is 1.45. The Morgan fingerprint density at radius 3 is 2.46 bits per heavy atom. The number of nitrogens with zero attached hydrogens (tertiary/aromatic N) is 1. The number of rotatable bonds is 7. The molecule has 2 unspecified atom stereocenters. The van der Waals surface area contributed by atoms with Crippen LogP contribution in [0.3, 0.4) is 0 Å². The molecule has 2 atom stereocenters. The zero-order valence-electron chi connectivity index (χ0n) is 9.29. The molecular weight excluding hydrogens is 198 g/mol. The fraction of sp³-hybridized carbons (Fsp3) is 1.00. The summed E-state index contributed by atoms with van der Waals surface area (Å²) in [4.78, 5) is 2.47. The van der Waals surface area contributed by atoms with Gasteiger partial charge in [0.05, 0.1) is 0 Å². The Morgan fingerprint density at radius 2 is 2.08 bits per heavy atom. The van der Waals surface area contributed by atoms with Gasteiger partial charge >= 0.3 is 0 Å². The molecule has 0 N–H and O–H groups in total. The average Bonchev–Trinajstić information content (AvgIpc) is 2.13. The molecule has 0 aliphatic rings. The van der Waals surface area contributed by atoms with Crippen molar-refractivity contribution >= 4 is 24.4 Å². The van der Waals surface area contributed by atoms with Crippen molar-refractivity contribution in [1.29, 1.82) is 0 Å². The Morgan fingerprint density at radius 1 is 1.46 bits per heavy atom. The lowest BCUT2D eigenvalue weighted by atomic mass is 10.1. The molecule has 0 aliphatic heterocycles. The van der Waals surface area contributed by atoms with Gasteiger partial charge in [-0.3, -0.25) is 0 Å². The molecule has 0 fully saturated rings. The number of hydrogen-bond acceptors (Lipinski definition) is 3. The summed E-state index contributed by atoms with van der Waals surface area (Å²) in [5.41, 5.74) is 0. The van der Waals surface area contributed by atoms with E-state index in [1.165, 1.54) is 18.7 Å². The van der Waals surface area contributed by atoms with E-state index in [2.05, 4.69) is 44.7 Å². The normalized spacial score (nSPS) is 16.2. The maximum absolute atomic E-state index is 4.31. The van der Waals surface area contributed by atoms with E-state index in [-0.39, 0.29) is 0 Å². The summed E-state index contributed by atoms with van der Waals surface area (Å²) in [6.07, 6.45) is 3.43. The zero-order valence-corrected chi connectivity index (χ0v) is 11.0. The van der Waals surface area contributed by atoms with Crippen LogP contribution in [-0.4, -0.2) is 42.3 Å². The molecule has 80 valence electrons. The molecule has 0 aromatic rings. The Kier molecular flexibility index (Phi) is 8.42. The van der Waals surface area contributed by atoms with Gasteiger partial charge in [-0.2, -0.15) is 24.4 Å². The van der Waals surface area contributed by atoms with Gasteiger partial charge in [-0.25, -0.2) is 0 Å². The van der Waals surface area contributed by atoms with E-state index < -0.39 is 0 Å². The smallest absolute Gasteiger partial charge is 0.0180 e. The van der Waals surface area contributed by atoms with E-state index >= 15 is 0 Å². The molecule has 0 saturated heterocycles. The van der Waals surface area contributed by atoms with Crippen molar-refractivity contribution in [2.24, 2.45) is 5.92 Å². The quantitative estimate of drug-likeness (QED) is 0.658. The molecule has 0 aromatic carbocycles. The second-order valence-corrected chi connectivity index (χ2v) is 5.02. The molecular formula is C10H23NS2. The third-order valence-electron chi connectivity index (χ3n) is 2.36. The van der Waals surface area contributed by atoms with Crippen molar-refractivity contribution < 1.29 is 0 Å². The third kappa shape index (κ3) is 5.87.